The SMILES string of the molecule is COc1cccc2[nH]cc(C(=O)Cc3ccccc3Cl)c12. The van der Waals surface area contributed by atoms with Gasteiger partial charge in [0, 0.05) is 28.7 Å². The predicted octanol–water partition coefficient (Wildman–Crippen LogP) is 4.26. The van der Waals surface area contributed by atoms with E-state index >= 15 is 0 Å². The number of aromatic nitrogens is 1. The largest absolute Gasteiger partial charge is 0.496 e. The molecule has 0 bridgehead atoms. The smallest absolute Gasteiger partial charge is 0.169 e. The maximum atomic E-state index is 12.6. The lowest BCUT2D eigenvalue weighted by Crippen LogP contribution is -2.03. The Balaban J connectivity index is 2.01. The number of Topliss-reactive ketones (excluding diaryl/α,β-unsaturated/α-hetero) is 1. The fourth-order valence-electron chi connectivity index (χ4n) is 2.45. The van der Waals surface area contributed by atoms with Gasteiger partial charge in [-0.1, -0.05) is 35.9 Å². The Morgan fingerprint density at radius 1 is 1.19 bits per heavy atom. The molecule has 0 spiro atoms. The third kappa shape index (κ3) is 2.52. The predicted molar refractivity (Wildman–Crippen MR) is 84.3 cm³/mol. The Bertz CT molecular complexity index is 807. The zero-order valence-corrected chi connectivity index (χ0v) is 12.3. The number of nitrogens with one attached hydrogen (secondary N) is 1. The van der Waals surface area contributed by atoms with E-state index < -0.39 is 0 Å². The van der Waals surface area contributed by atoms with Gasteiger partial charge in [-0.3, -0.25) is 4.79 Å². The Labute approximate surface area is 127 Å². The average Bonchev–Trinajstić information content (AvgIpc) is 2.93. The first kappa shape index (κ1) is 13.7. The summed E-state index contributed by atoms with van der Waals surface area (Å²) in [6, 6.07) is 13.0. The van der Waals surface area contributed by atoms with Gasteiger partial charge in [0.2, 0.25) is 0 Å². The van der Waals surface area contributed by atoms with E-state index in [1.54, 1.807) is 19.4 Å². The van der Waals surface area contributed by atoms with Crippen molar-refractivity contribution >= 4 is 28.3 Å². The van der Waals surface area contributed by atoms with Gasteiger partial charge in [-0.25, -0.2) is 0 Å². The van der Waals surface area contributed by atoms with E-state index in [1.165, 1.54) is 0 Å². The van der Waals surface area contributed by atoms with Crippen molar-refractivity contribution in [2.45, 2.75) is 6.42 Å². The summed E-state index contributed by atoms with van der Waals surface area (Å²) in [5.74, 6) is 0.704. The first-order valence-corrected chi connectivity index (χ1v) is 6.99. The van der Waals surface area contributed by atoms with Crippen LogP contribution in [-0.4, -0.2) is 17.9 Å². The molecule has 0 unspecified atom stereocenters. The Morgan fingerprint density at radius 3 is 2.76 bits per heavy atom. The second-order valence-electron chi connectivity index (χ2n) is 4.78. The van der Waals surface area contributed by atoms with Crippen LogP contribution < -0.4 is 4.74 Å². The van der Waals surface area contributed by atoms with Gasteiger partial charge < -0.3 is 9.72 Å². The summed E-state index contributed by atoms with van der Waals surface area (Å²) in [5.41, 5.74) is 2.34. The number of benzene rings is 2. The molecule has 0 aliphatic heterocycles. The number of H-pyrrole nitrogens is 1. The number of aromatic amines is 1. The molecule has 4 heteroatoms. The number of ether oxygens (including phenoxy) is 1. The molecule has 0 aliphatic rings. The van der Waals surface area contributed by atoms with Crippen LogP contribution in [0.4, 0.5) is 0 Å². The fourth-order valence-corrected chi connectivity index (χ4v) is 2.65. The number of carbonyl (C=O) groups is 1. The minimum absolute atomic E-state index is 0.0128. The van der Waals surface area contributed by atoms with Crippen molar-refractivity contribution in [3.05, 3.63) is 64.8 Å². The summed E-state index contributed by atoms with van der Waals surface area (Å²) in [7, 11) is 1.60. The molecule has 1 N–H and O–H groups in total. The second-order valence-corrected chi connectivity index (χ2v) is 5.18. The minimum Gasteiger partial charge on any atom is -0.496 e. The van der Waals surface area contributed by atoms with Crippen molar-refractivity contribution in [1.82, 2.24) is 4.98 Å². The summed E-state index contributed by atoms with van der Waals surface area (Å²) in [5, 5.41) is 1.43. The molecular weight excluding hydrogens is 286 g/mol. The lowest BCUT2D eigenvalue weighted by molar-refractivity contribution is 0.0994. The highest BCUT2D eigenvalue weighted by molar-refractivity contribution is 6.31. The summed E-state index contributed by atoms with van der Waals surface area (Å²) >= 11 is 6.12. The molecule has 21 heavy (non-hydrogen) atoms. The maximum Gasteiger partial charge on any atom is 0.169 e. The summed E-state index contributed by atoms with van der Waals surface area (Å²) in [6.45, 7) is 0. The van der Waals surface area contributed by atoms with Crippen LogP contribution in [0.15, 0.2) is 48.7 Å². The minimum atomic E-state index is 0.0128. The normalized spacial score (nSPS) is 10.8. The van der Waals surface area contributed by atoms with E-state index in [-0.39, 0.29) is 12.2 Å². The molecule has 3 aromatic rings. The van der Waals surface area contributed by atoms with E-state index in [0.717, 1.165) is 16.5 Å². The highest BCUT2D eigenvalue weighted by atomic mass is 35.5. The summed E-state index contributed by atoms with van der Waals surface area (Å²) < 4.78 is 5.35. The number of carbonyl (C=O) groups excluding carboxylic acids is 1. The van der Waals surface area contributed by atoms with Crippen LogP contribution >= 0.6 is 11.6 Å². The monoisotopic (exact) mass is 299 g/mol. The van der Waals surface area contributed by atoms with Crippen molar-refractivity contribution < 1.29 is 9.53 Å². The van der Waals surface area contributed by atoms with E-state index in [9.17, 15) is 4.79 Å². The van der Waals surface area contributed by atoms with Crippen molar-refractivity contribution in [2.75, 3.05) is 7.11 Å². The van der Waals surface area contributed by atoms with E-state index in [4.69, 9.17) is 16.3 Å². The highest BCUT2D eigenvalue weighted by Crippen LogP contribution is 2.29. The summed E-state index contributed by atoms with van der Waals surface area (Å²) in [6.07, 6.45) is 2.00. The van der Waals surface area contributed by atoms with Crippen LogP contribution in [0.1, 0.15) is 15.9 Å². The number of ketones is 1. The third-order valence-corrected chi connectivity index (χ3v) is 3.87. The lowest BCUT2D eigenvalue weighted by atomic mass is 10.0. The van der Waals surface area contributed by atoms with Gasteiger partial charge in [0.05, 0.1) is 12.5 Å². The molecule has 0 aliphatic carbocycles. The first-order valence-electron chi connectivity index (χ1n) is 6.61. The molecule has 0 saturated heterocycles. The molecule has 1 aromatic heterocycles. The molecule has 106 valence electrons. The zero-order chi connectivity index (χ0) is 14.8. The average molecular weight is 300 g/mol. The highest BCUT2D eigenvalue weighted by Gasteiger charge is 2.16. The van der Waals surface area contributed by atoms with Crippen LogP contribution in [0.2, 0.25) is 5.02 Å². The molecule has 3 rings (SSSR count). The van der Waals surface area contributed by atoms with Gasteiger partial charge in [0.1, 0.15) is 5.75 Å². The number of fused-ring (bicyclic) bond motifs is 1. The van der Waals surface area contributed by atoms with Gasteiger partial charge in [-0.15, -0.1) is 0 Å². The molecule has 2 aromatic carbocycles. The third-order valence-electron chi connectivity index (χ3n) is 3.50. The topological polar surface area (TPSA) is 42.1 Å². The van der Waals surface area contributed by atoms with Crippen molar-refractivity contribution in [3.63, 3.8) is 0 Å². The van der Waals surface area contributed by atoms with Gasteiger partial charge in [-0.05, 0) is 23.8 Å². The molecule has 0 atom stereocenters. The van der Waals surface area contributed by atoms with E-state index in [2.05, 4.69) is 4.98 Å². The number of methoxy groups -OCH3 is 1. The molecule has 0 saturated carbocycles. The maximum absolute atomic E-state index is 12.6. The van der Waals surface area contributed by atoms with Crippen molar-refractivity contribution in [1.29, 1.82) is 0 Å². The summed E-state index contributed by atoms with van der Waals surface area (Å²) in [4.78, 5) is 15.7. The van der Waals surface area contributed by atoms with Crippen LogP contribution in [0.3, 0.4) is 0 Å². The van der Waals surface area contributed by atoms with Gasteiger partial charge in [0.15, 0.2) is 5.78 Å². The van der Waals surface area contributed by atoms with Gasteiger partial charge >= 0.3 is 0 Å². The van der Waals surface area contributed by atoms with Crippen LogP contribution in [0.25, 0.3) is 10.9 Å². The Hall–Kier alpha value is -2.26. The first-order chi connectivity index (χ1) is 10.2. The standard InChI is InChI=1S/C17H14ClNO2/c1-21-16-8-4-7-14-17(16)12(10-19-14)15(20)9-11-5-2-3-6-13(11)18/h2-8,10,19H,9H2,1H3. The quantitative estimate of drug-likeness (QED) is 0.732. The Kier molecular flexibility index (Phi) is 3.67. The zero-order valence-electron chi connectivity index (χ0n) is 11.5. The van der Waals surface area contributed by atoms with Gasteiger partial charge in [0.25, 0.3) is 0 Å². The van der Waals surface area contributed by atoms with Crippen LogP contribution in [0.5, 0.6) is 5.75 Å². The van der Waals surface area contributed by atoms with E-state index in [1.807, 2.05) is 36.4 Å². The second kappa shape index (κ2) is 5.62. The molecule has 0 radical (unpaired) electrons. The molecular formula is C17H14ClNO2. The molecule has 0 amide bonds. The Morgan fingerprint density at radius 2 is 2.00 bits per heavy atom. The number of halogens is 1. The van der Waals surface area contributed by atoms with E-state index in [0.29, 0.717) is 16.3 Å². The number of hydrogen-bond donors (Lipinski definition) is 1. The molecule has 1 heterocycles. The number of hydrogen-bond acceptors (Lipinski definition) is 2. The van der Waals surface area contributed by atoms with Crippen molar-refractivity contribution in [2.24, 2.45) is 0 Å². The molecule has 3 nitrogen and oxygen atoms in total. The molecule has 0 fully saturated rings. The van der Waals surface area contributed by atoms with Crippen LogP contribution in [0, 0.1) is 0 Å². The number of rotatable bonds is 4. The fraction of sp³-hybridized carbons (Fsp3) is 0.118. The van der Waals surface area contributed by atoms with Crippen molar-refractivity contribution in [3.8, 4) is 5.75 Å². The lowest BCUT2D eigenvalue weighted by Gasteiger charge is -2.05. The van der Waals surface area contributed by atoms with Crippen LogP contribution in [-0.2, 0) is 6.42 Å². The van der Waals surface area contributed by atoms with Gasteiger partial charge in [-0.2, -0.15) is 0 Å².